The Hall–Kier alpha value is -1.42. The Kier molecular flexibility index (Phi) is 4.99. The van der Waals surface area contributed by atoms with Crippen LogP contribution < -0.4 is 5.73 Å². The number of halogens is 1. The maximum atomic E-state index is 13.6. The number of nitrogens with two attached hydrogens (primary N) is 1. The topological polar surface area (TPSA) is 63.4 Å². The minimum atomic E-state index is -2.92. The minimum absolute atomic E-state index is 0.0348. The van der Waals surface area contributed by atoms with Gasteiger partial charge in [0.15, 0.2) is 9.84 Å². The van der Waals surface area contributed by atoms with Gasteiger partial charge in [0.2, 0.25) is 0 Å². The van der Waals surface area contributed by atoms with E-state index >= 15 is 0 Å². The molecule has 1 fully saturated rings. The lowest BCUT2D eigenvalue weighted by molar-refractivity contribution is 0.218. The van der Waals surface area contributed by atoms with Gasteiger partial charge in [-0.3, -0.25) is 4.90 Å². The zero-order valence-electron chi connectivity index (χ0n) is 12.0. The molecule has 21 heavy (non-hydrogen) atoms. The number of nitrogens with zero attached hydrogens (tertiary/aromatic N) is 1. The summed E-state index contributed by atoms with van der Waals surface area (Å²) in [5, 5.41) is 0. The average Bonchev–Trinajstić information content (AvgIpc) is 2.42. The van der Waals surface area contributed by atoms with E-state index in [-0.39, 0.29) is 29.9 Å². The monoisotopic (exact) mass is 310 g/mol. The summed E-state index contributed by atoms with van der Waals surface area (Å²) in [7, 11) is -2.92. The highest BCUT2D eigenvalue weighted by molar-refractivity contribution is 7.91. The van der Waals surface area contributed by atoms with Gasteiger partial charge in [0.1, 0.15) is 5.82 Å². The van der Waals surface area contributed by atoms with Crippen LogP contribution >= 0.6 is 0 Å². The van der Waals surface area contributed by atoms with Gasteiger partial charge in [-0.05, 0) is 24.6 Å². The van der Waals surface area contributed by atoms with Gasteiger partial charge in [-0.1, -0.05) is 17.9 Å². The second-order valence-corrected chi connectivity index (χ2v) is 7.48. The first kappa shape index (κ1) is 16.0. The van der Waals surface area contributed by atoms with Gasteiger partial charge in [-0.15, -0.1) is 0 Å². The Balaban J connectivity index is 2.13. The molecule has 1 unspecified atom stereocenters. The molecular weight excluding hydrogens is 291 g/mol. The summed E-state index contributed by atoms with van der Waals surface area (Å²) in [5.74, 6) is 5.34. The summed E-state index contributed by atoms with van der Waals surface area (Å²) in [6.45, 7) is 3.18. The molecule has 0 aromatic heterocycles. The first-order chi connectivity index (χ1) is 9.91. The van der Waals surface area contributed by atoms with Crippen LogP contribution in [0.5, 0.6) is 0 Å². The molecule has 6 heteroatoms. The molecule has 114 valence electrons. The molecular formula is C15H19FN2O2S. The molecule has 1 saturated heterocycles. The first-order valence-electron chi connectivity index (χ1n) is 6.83. The number of hydrogen-bond acceptors (Lipinski definition) is 4. The van der Waals surface area contributed by atoms with Crippen LogP contribution in [0.15, 0.2) is 18.2 Å². The molecule has 0 radical (unpaired) electrons. The third kappa shape index (κ3) is 4.27. The van der Waals surface area contributed by atoms with Crippen LogP contribution in [-0.2, 0) is 16.4 Å². The van der Waals surface area contributed by atoms with Gasteiger partial charge >= 0.3 is 0 Å². The fourth-order valence-corrected chi connectivity index (χ4v) is 4.04. The third-order valence-corrected chi connectivity index (χ3v) is 5.34. The molecule has 0 saturated carbocycles. The summed E-state index contributed by atoms with van der Waals surface area (Å²) in [6, 6.07) is 4.76. The van der Waals surface area contributed by atoms with Crippen molar-refractivity contribution in [3.63, 3.8) is 0 Å². The predicted octanol–water partition coefficient (Wildman–Crippen LogP) is 0.755. The summed E-state index contributed by atoms with van der Waals surface area (Å²) in [4.78, 5) is 2.09. The standard InChI is InChI=1S/C15H19FN2O2S/c1-12-11-21(19,20)8-7-18(12)10-13-4-5-15(16)14(9-13)3-2-6-17/h4-5,9,12H,6-8,10-11,17H2,1H3. The fourth-order valence-electron chi connectivity index (χ4n) is 2.42. The highest BCUT2D eigenvalue weighted by Gasteiger charge is 2.27. The Bertz CT molecular complexity index is 677. The first-order valence-corrected chi connectivity index (χ1v) is 8.65. The molecule has 2 N–H and O–H groups in total. The van der Waals surface area contributed by atoms with Crippen molar-refractivity contribution in [1.29, 1.82) is 0 Å². The van der Waals surface area contributed by atoms with Crippen LogP contribution in [0.3, 0.4) is 0 Å². The average molecular weight is 310 g/mol. The molecule has 1 aliphatic rings. The molecule has 1 heterocycles. The van der Waals surface area contributed by atoms with Gasteiger partial charge < -0.3 is 5.73 Å². The van der Waals surface area contributed by atoms with Crippen molar-refractivity contribution in [2.75, 3.05) is 24.6 Å². The maximum absolute atomic E-state index is 13.6. The van der Waals surface area contributed by atoms with E-state index in [9.17, 15) is 12.8 Å². The predicted molar refractivity (Wildman–Crippen MR) is 80.9 cm³/mol. The molecule has 1 atom stereocenters. The Morgan fingerprint density at radius 2 is 2.24 bits per heavy atom. The van der Waals surface area contributed by atoms with Gasteiger partial charge in [0.05, 0.1) is 23.6 Å². The molecule has 0 spiro atoms. The molecule has 0 aliphatic carbocycles. The molecule has 1 aromatic carbocycles. The van der Waals surface area contributed by atoms with Crippen LogP contribution in [0.1, 0.15) is 18.1 Å². The van der Waals surface area contributed by atoms with Gasteiger partial charge in [0, 0.05) is 19.1 Å². The zero-order chi connectivity index (χ0) is 15.5. The Morgan fingerprint density at radius 3 is 2.90 bits per heavy atom. The maximum Gasteiger partial charge on any atom is 0.153 e. The van der Waals surface area contributed by atoms with Crippen molar-refractivity contribution in [3.05, 3.63) is 35.1 Å². The zero-order valence-corrected chi connectivity index (χ0v) is 12.8. The third-order valence-electron chi connectivity index (χ3n) is 3.55. The van der Waals surface area contributed by atoms with Crippen molar-refractivity contribution in [2.24, 2.45) is 5.73 Å². The van der Waals surface area contributed by atoms with Crippen LogP contribution in [0.4, 0.5) is 4.39 Å². The van der Waals surface area contributed by atoms with Crippen LogP contribution in [-0.4, -0.2) is 44.0 Å². The van der Waals surface area contributed by atoms with Crippen molar-refractivity contribution in [2.45, 2.75) is 19.5 Å². The van der Waals surface area contributed by atoms with E-state index in [4.69, 9.17) is 5.73 Å². The quantitative estimate of drug-likeness (QED) is 0.819. The number of benzene rings is 1. The SMILES string of the molecule is CC1CS(=O)(=O)CCN1Cc1ccc(F)c(C#CCN)c1. The minimum Gasteiger partial charge on any atom is -0.320 e. The van der Waals surface area contributed by atoms with E-state index in [1.807, 2.05) is 6.92 Å². The van der Waals surface area contributed by atoms with Gasteiger partial charge in [-0.25, -0.2) is 12.8 Å². The van der Waals surface area contributed by atoms with E-state index in [1.165, 1.54) is 6.07 Å². The van der Waals surface area contributed by atoms with E-state index in [1.54, 1.807) is 12.1 Å². The highest BCUT2D eigenvalue weighted by Crippen LogP contribution is 2.17. The van der Waals surface area contributed by atoms with Crippen LogP contribution in [0.25, 0.3) is 0 Å². The summed E-state index contributed by atoms with van der Waals surface area (Å²) < 4.78 is 36.8. The van der Waals surface area contributed by atoms with Crippen molar-refractivity contribution in [3.8, 4) is 11.8 Å². The van der Waals surface area contributed by atoms with Gasteiger partial charge in [-0.2, -0.15) is 0 Å². The van der Waals surface area contributed by atoms with E-state index in [0.29, 0.717) is 18.7 Å². The molecule has 4 nitrogen and oxygen atoms in total. The molecule has 1 aromatic rings. The molecule has 0 bridgehead atoms. The number of hydrogen-bond donors (Lipinski definition) is 1. The van der Waals surface area contributed by atoms with E-state index in [2.05, 4.69) is 16.7 Å². The fraction of sp³-hybridized carbons (Fsp3) is 0.467. The number of sulfone groups is 1. The van der Waals surface area contributed by atoms with Crippen LogP contribution in [0, 0.1) is 17.7 Å². The highest BCUT2D eigenvalue weighted by atomic mass is 32.2. The normalized spacial score (nSPS) is 21.6. The second-order valence-electron chi connectivity index (χ2n) is 5.25. The lowest BCUT2D eigenvalue weighted by atomic mass is 10.1. The number of rotatable bonds is 2. The van der Waals surface area contributed by atoms with E-state index < -0.39 is 9.84 Å². The largest absolute Gasteiger partial charge is 0.320 e. The van der Waals surface area contributed by atoms with E-state index in [0.717, 1.165) is 5.56 Å². The smallest absolute Gasteiger partial charge is 0.153 e. The van der Waals surface area contributed by atoms with Crippen molar-refractivity contribution >= 4 is 9.84 Å². The second kappa shape index (κ2) is 6.56. The molecule has 1 aliphatic heterocycles. The van der Waals surface area contributed by atoms with Gasteiger partial charge in [0.25, 0.3) is 0 Å². The summed E-state index contributed by atoms with van der Waals surface area (Å²) in [6.07, 6.45) is 0. The molecule has 2 rings (SSSR count). The van der Waals surface area contributed by atoms with Crippen LogP contribution in [0.2, 0.25) is 0 Å². The Labute approximate surface area is 125 Å². The van der Waals surface area contributed by atoms with Crippen molar-refractivity contribution < 1.29 is 12.8 Å². The lowest BCUT2D eigenvalue weighted by Gasteiger charge is -2.33. The lowest BCUT2D eigenvalue weighted by Crippen LogP contribution is -2.46. The summed E-state index contributed by atoms with van der Waals surface area (Å²) in [5.41, 5.74) is 6.55. The van der Waals surface area contributed by atoms with Crippen molar-refractivity contribution in [1.82, 2.24) is 4.90 Å². The molecule has 0 amide bonds. The summed E-state index contributed by atoms with van der Waals surface area (Å²) >= 11 is 0. The Morgan fingerprint density at radius 1 is 1.48 bits per heavy atom.